The van der Waals surface area contributed by atoms with E-state index in [0.717, 1.165) is 38.2 Å². The molecule has 0 atom stereocenters. The van der Waals surface area contributed by atoms with E-state index in [1.165, 1.54) is 10.6 Å². The Hall–Kier alpha value is -0.990. The van der Waals surface area contributed by atoms with Gasteiger partial charge in [0.15, 0.2) is 5.82 Å². The van der Waals surface area contributed by atoms with Crippen molar-refractivity contribution in [2.75, 3.05) is 32.4 Å². The van der Waals surface area contributed by atoms with Crippen LogP contribution in [0.15, 0.2) is 4.52 Å². The Morgan fingerprint density at radius 1 is 1.35 bits per heavy atom. The van der Waals surface area contributed by atoms with E-state index in [-0.39, 0.29) is 5.92 Å². The minimum absolute atomic E-state index is 0.213. The largest absolute Gasteiger partial charge is 0.339 e. The molecule has 2 fully saturated rings. The van der Waals surface area contributed by atoms with Crippen molar-refractivity contribution in [3.63, 3.8) is 0 Å². The summed E-state index contributed by atoms with van der Waals surface area (Å²) in [5.74, 6) is 2.26. The number of aromatic nitrogens is 2. The number of nitrogens with zero attached hydrogens (tertiary/aromatic N) is 3. The van der Waals surface area contributed by atoms with Gasteiger partial charge >= 0.3 is 0 Å². The molecule has 2 saturated heterocycles. The molecule has 112 valence electrons. The van der Waals surface area contributed by atoms with Crippen molar-refractivity contribution in [3.8, 4) is 0 Å². The maximum atomic E-state index is 11.5. The standard InChI is InChI=1S/C12H20N4O3S/c1-20(17,18)16-4-2-10(3-5-16)12-14-11(19-15-12)6-9-7-13-8-9/h9-10,13H,2-8H2,1H3. The zero-order valence-electron chi connectivity index (χ0n) is 11.6. The maximum absolute atomic E-state index is 11.5. The van der Waals surface area contributed by atoms with Crippen LogP contribution in [0.25, 0.3) is 0 Å². The van der Waals surface area contributed by atoms with Gasteiger partial charge in [-0.3, -0.25) is 0 Å². The molecule has 8 heteroatoms. The van der Waals surface area contributed by atoms with Gasteiger partial charge in [-0.1, -0.05) is 5.16 Å². The summed E-state index contributed by atoms with van der Waals surface area (Å²) >= 11 is 0. The molecule has 0 amide bonds. The molecule has 0 unspecified atom stereocenters. The predicted octanol–water partition coefficient (Wildman–Crippen LogP) is -0.0295. The highest BCUT2D eigenvalue weighted by Crippen LogP contribution is 2.27. The third-order valence-electron chi connectivity index (χ3n) is 4.10. The summed E-state index contributed by atoms with van der Waals surface area (Å²) in [5.41, 5.74) is 0. The van der Waals surface area contributed by atoms with E-state index < -0.39 is 10.0 Å². The summed E-state index contributed by atoms with van der Waals surface area (Å²) in [4.78, 5) is 4.47. The van der Waals surface area contributed by atoms with Crippen LogP contribution in [-0.2, 0) is 16.4 Å². The van der Waals surface area contributed by atoms with E-state index >= 15 is 0 Å². The van der Waals surface area contributed by atoms with Gasteiger partial charge in [0.05, 0.1) is 6.26 Å². The molecule has 20 heavy (non-hydrogen) atoms. The summed E-state index contributed by atoms with van der Waals surface area (Å²) in [7, 11) is -3.08. The Balaban J connectivity index is 1.57. The van der Waals surface area contributed by atoms with Gasteiger partial charge in [0.1, 0.15) is 0 Å². The third kappa shape index (κ3) is 3.02. The van der Waals surface area contributed by atoms with Crippen LogP contribution in [0.4, 0.5) is 0 Å². The fourth-order valence-corrected chi connectivity index (χ4v) is 3.58. The zero-order chi connectivity index (χ0) is 14.2. The molecule has 1 aromatic heterocycles. The number of sulfonamides is 1. The van der Waals surface area contributed by atoms with Crippen LogP contribution in [0.1, 0.15) is 30.5 Å². The molecule has 0 aromatic carbocycles. The molecule has 2 aliphatic rings. The molecule has 0 aliphatic carbocycles. The summed E-state index contributed by atoms with van der Waals surface area (Å²) in [6.45, 7) is 3.12. The van der Waals surface area contributed by atoms with Crippen molar-refractivity contribution in [3.05, 3.63) is 11.7 Å². The highest BCUT2D eigenvalue weighted by Gasteiger charge is 2.29. The number of hydrogen-bond donors (Lipinski definition) is 1. The normalized spacial score (nSPS) is 22.9. The lowest BCUT2D eigenvalue weighted by molar-refractivity contribution is 0.289. The molecule has 7 nitrogen and oxygen atoms in total. The lowest BCUT2D eigenvalue weighted by atomic mass is 9.97. The molecule has 3 heterocycles. The molecule has 3 rings (SSSR count). The van der Waals surface area contributed by atoms with Crippen molar-refractivity contribution < 1.29 is 12.9 Å². The van der Waals surface area contributed by atoms with Crippen LogP contribution in [-0.4, -0.2) is 55.3 Å². The van der Waals surface area contributed by atoms with E-state index in [4.69, 9.17) is 4.52 Å². The van der Waals surface area contributed by atoms with Crippen LogP contribution in [0.3, 0.4) is 0 Å². The maximum Gasteiger partial charge on any atom is 0.227 e. The fraction of sp³-hybridized carbons (Fsp3) is 0.833. The van der Waals surface area contributed by atoms with Gasteiger partial charge in [0.25, 0.3) is 0 Å². The number of nitrogens with one attached hydrogen (secondary N) is 1. The van der Waals surface area contributed by atoms with Crippen molar-refractivity contribution in [2.45, 2.75) is 25.2 Å². The van der Waals surface area contributed by atoms with E-state index in [1.54, 1.807) is 0 Å². The van der Waals surface area contributed by atoms with Crippen molar-refractivity contribution in [1.29, 1.82) is 0 Å². The first-order valence-electron chi connectivity index (χ1n) is 7.00. The van der Waals surface area contributed by atoms with E-state index in [0.29, 0.717) is 24.9 Å². The Kier molecular flexibility index (Phi) is 3.78. The van der Waals surface area contributed by atoms with E-state index in [2.05, 4.69) is 15.5 Å². The molecule has 0 spiro atoms. The molecule has 0 saturated carbocycles. The average molecular weight is 300 g/mol. The van der Waals surface area contributed by atoms with Crippen molar-refractivity contribution in [2.24, 2.45) is 5.92 Å². The minimum Gasteiger partial charge on any atom is -0.339 e. The van der Waals surface area contributed by atoms with Crippen LogP contribution >= 0.6 is 0 Å². The van der Waals surface area contributed by atoms with Gasteiger partial charge in [-0.2, -0.15) is 4.98 Å². The molecular formula is C12H20N4O3S. The summed E-state index contributed by atoms with van der Waals surface area (Å²) in [5, 5.41) is 7.28. The molecule has 0 radical (unpaired) electrons. The SMILES string of the molecule is CS(=O)(=O)N1CCC(c2noc(CC3CNC3)n2)CC1. The lowest BCUT2D eigenvalue weighted by Gasteiger charge is -2.28. The molecule has 1 aromatic rings. The first-order chi connectivity index (χ1) is 9.52. The molecule has 2 aliphatic heterocycles. The first kappa shape index (κ1) is 14.0. The number of piperidine rings is 1. The van der Waals surface area contributed by atoms with Gasteiger partial charge in [0, 0.05) is 25.4 Å². The summed E-state index contributed by atoms with van der Waals surface area (Å²) in [6.07, 6.45) is 3.61. The average Bonchev–Trinajstić information content (AvgIpc) is 2.82. The quantitative estimate of drug-likeness (QED) is 0.840. The van der Waals surface area contributed by atoms with Crippen LogP contribution in [0.2, 0.25) is 0 Å². The lowest BCUT2D eigenvalue weighted by Crippen LogP contribution is -2.43. The molecular weight excluding hydrogens is 280 g/mol. The Morgan fingerprint density at radius 3 is 2.60 bits per heavy atom. The predicted molar refractivity (Wildman–Crippen MR) is 72.8 cm³/mol. The Morgan fingerprint density at radius 2 is 2.05 bits per heavy atom. The number of rotatable bonds is 4. The second kappa shape index (κ2) is 5.42. The second-order valence-electron chi connectivity index (χ2n) is 5.71. The topological polar surface area (TPSA) is 88.3 Å². The van der Waals surface area contributed by atoms with Gasteiger partial charge in [-0.25, -0.2) is 12.7 Å². The molecule has 0 bridgehead atoms. The number of hydrogen-bond acceptors (Lipinski definition) is 6. The van der Waals surface area contributed by atoms with E-state index in [9.17, 15) is 8.42 Å². The van der Waals surface area contributed by atoms with Gasteiger partial charge in [-0.05, 0) is 31.8 Å². The van der Waals surface area contributed by atoms with Gasteiger partial charge in [0.2, 0.25) is 15.9 Å². The highest BCUT2D eigenvalue weighted by atomic mass is 32.2. The monoisotopic (exact) mass is 300 g/mol. The summed E-state index contributed by atoms with van der Waals surface area (Å²) in [6, 6.07) is 0. The van der Waals surface area contributed by atoms with Crippen LogP contribution in [0, 0.1) is 5.92 Å². The van der Waals surface area contributed by atoms with Crippen molar-refractivity contribution >= 4 is 10.0 Å². The van der Waals surface area contributed by atoms with Crippen molar-refractivity contribution in [1.82, 2.24) is 19.8 Å². The minimum atomic E-state index is -3.08. The Labute approximate surface area is 118 Å². The highest BCUT2D eigenvalue weighted by molar-refractivity contribution is 7.88. The Bertz CT molecular complexity index is 559. The van der Waals surface area contributed by atoms with Crippen LogP contribution < -0.4 is 5.32 Å². The third-order valence-corrected chi connectivity index (χ3v) is 5.40. The smallest absolute Gasteiger partial charge is 0.227 e. The van der Waals surface area contributed by atoms with E-state index in [1.807, 2.05) is 0 Å². The molecule has 1 N–H and O–H groups in total. The van der Waals surface area contributed by atoms with Gasteiger partial charge < -0.3 is 9.84 Å². The van der Waals surface area contributed by atoms with Gasteiger partial charge in [-0.15, -0.1) is 0 Å². The zero-order valence-corrected chi connectivity index (χ0v) is 12.4. The second-order valence-corrected chi connectivity index (χ2v) is 7.69. The fourth-order valence-electron chi connectivity index (χ4n) is 2.70. The summed E-state index contributed by atoms with van der Waals surface area (Å²) < 4.78 is 29.7. The first-order valence-corrected chi connectivity index (χ1v) is 8.85. The van der Waals surface area contributed by atoms with Crippen LogP contribution in [0.5, 0.6) is 0 Å².